The van der Waals surface area contributed by atoms with Gasteiger partial charge in [-0.05, 0) is 18.9 Å². The largest absolute Gasteiger partial charge is 0.350 e. The molecule has 5 heteroatoms. The van der Waals surface area contributed by atoms with Crippen molar-refractivity contribution < 1.29 is 4.79 Å². The van der Waals surface area contributed by atoms with Crippen molar-refractivity contribution in [2.45, 2.75) is 18.8 Å². The molecule has 2 aromatic heterocycles. The highest BCUT2D eigenvalue weighted by atomic mass is 32.1. The lowest BCUT2D eigenvalue weighted by Gasteiger charge is -2.31. The number of nitrogens with zero attached hydrogens (tertiary/aromatic N) is 3. The lowest BCUT2D eigenvalue weighted by atomic mass is 9.98. The number of para-hydroxylation sites is 1. The maximum absolute atomic E-state index is 13.0. The Labute approximate surface area is 139 Å². The molecule has 0 aliphatic carbocycles. The molecule has 3 aromatic rings. The normalized spacial score (nSPS) is 18.5. The number of thiazole rings is 1. The first-order chi connectivity index (χ1) is 11.2. The van der Waals surface area contributed by atoms with Crippen molar-refractivity contribution in [3.63, 3.8) is 0 Å². The van der Waals surface area contributed by atoms with Crippen LogP contribution in [0.25, 0.3) is 10.9 Å². The topological polar surface area (TPSA) is 38.1 Å². The fraction of sp³-hybridized carbons (Fsp3) is 0.333. The summed E-state index contributed by atoms with van der Waals surface area (Å²) in [5, 5.41) is 4.21. The van der Waals surface area contributed by atoms with Gasteiger partial charge in [0.1, 0.15) is 0 Å². The molecule has 118 valence electrons. The molecule has 1 aliphatic rings. The first kappa shape index (κ1) is 14.5. The zero-order valence-electron chi connectivity index (χ0n) is 13.1. The molecule has 0 N–H and O–H groups in total. The number of carbonyl (C=O) groups excluding carboxylic acids is 1. The molecule has 1 aliphatic heterocycles. The Kier molecular flexibility index (Phi) is 3.65. The average molecular weight is 325 g/mol. The second kappa shape index (κ2) is 5.81. The predicted molar refractivity (Wildman–Crippen MR) is 92.9 cm³/mol. The van der Waals surface area contributed by atoms with Crippen LogP contribution in [0.4, 0.5) is 0 Å². The minimum atomic E-state index is 0.142. The summed E-state index contributed by atoms with van der Waals surface area (Å²) in [5.41, 5.74) is 1.91. The highest BCUT2D eigenvalue weighted by molar-refractivity contribution is 7.09. The van der Waals surface area contributed by atoms with Crippen LogP contribution in [-0.2, 0) is 7.05 Å². The second-order valence-corrected chi connectivity index (χ2v) is 7.06. The summed E-state index contributed by atoms with van der Waals surface area (Å²) in [4.78, 5) is 19.5. The van der Waals surface area contributed by atoms with E-state index in [1.165, 1.54) is 0 Å². The van der Waals surface area contributed by atoms with Gasteiger partial charge in [0.2, 0.25) is 0 Å². The van der Waals surface area contributed by atoms with Crippen molar-refractivity contribution in [3.8, 4) is 0 Å². The molecule has 1 amide bonds. The summed E-state index contributed by atoms with van der Waals surface area (Å²) >= 11 is 1.69. The second-order valence-electron chi connectivity index (χ2n) is 6.13. The van der Waals surface area contributed by atoms with E-state index < -0.39 is 0 Å². The summed E-state index contributed by atoms with van der Waals surface area (Å²) < 4.78 is 2.03. The molecular weight excluding hydrogens is 306 g/mol. The molecule has 0 spiro atoms. The molecule has 0 radical (unpaired) electrons. The fourth-order valence-electron chi connectivity index (χ4n) is 3.48. The van der Waals surface area contributed by atoms with Gasteiger partial charge < -0.3 is 9.47 Å². The van der Waals surface area contributed by atoms with Crippen LogP contribution in [0.3, 0.4) is 0 Å². The summed E-state index contributed by atoms with van der Waals surface area (Å²) in [7, 11) is 1.99. The molecule has 23 heavy (non-hydrogen) atoms. The van der Waals surface area contributed by atoms with Crippen LogP contribution in [0.5, 0.6) is 0 Å². The highest BCUT2D eigenvalue weighted by Gasteiger charge is 2.28. The first-order valence-corrected chi connectivity index (χ1v) is 8.85. The quantitative estimate of drug-likeness (QED) is 0.721. The van der Waals surface area contributed by atoms with E-state index in [0.717, 1.165) is 47.4 Å². The van der Waals surface area contributed by atoms with Gasteiger partial charge in [0, 0.05) is 54.7 Å². The monoisotopic (exact) mass is 325 g/mol. The highest BCUT2D eigenvalue weighted by Crippen LogP contribution is 2.30. The number of rotatable bonds is 2. The van der Waals surface area contributed by atoms with E-state index in [9.17, 15) is 4.79 Å². The summed E-state index contributed by atoms with van der Waals surface area (Å²) in [6, 6.07) is 8.09. The van der Waals surface area contributed by atoms with Gasteiger partial charge in [-0.2, -0.15) is 0 Å². The average Bonchev–Trinajstić information content (AvgIpc) is 3.23. The van der Waals surface area contributed by atoms with Gasteiger partial charge in [0.25, 0.3) is 5.91 Å². The molecule has 1 saturated heterocycles. The Hall–Kier alpha value is -2.14. The predicted octanol–water partition coefficient (Wildman–Crippen LogP) is 3.65. The van der Waals surface area contributed by atoms with Crippen LogP contribution >= 0.6 is 11.3 Å². The van der Waals surface area contributed by atoms with Gasteiger partial charge in [-0.15, -0.1) is 11.3 Å². The zero-order valence-corrected chi connectivity index (χ0v) is 13.9. The van der Waals surface area contributed by atoms with Gasteiger partial charge in [0.05, 0.1) is 10.6 Å². The van der Waals surface area contributed by atoms with Gasteiger partial charge in [0.15, 0.2) is 0 Å². The van der Waals surface area contributed by atoms with E-state index in [0.29, 0.717) is 5.92 Å². The third-order valence-electron chi connectivity index (χ3n) is 4.64. The summed E-state index contributed by atoms with van der Waals surface area (Å²) in [6.45, 7) is 1.61. The molecule has 0 unspecified atom stereocenters. The number of fused-ring (bicyclic) bond motifs is 1. The minimum absolute atomic E-state index is 0.142. The number of amides is 1. The number of likely N-dealkylation sites (tertiary alicyclic amines) is 1. The zero-order chi connectivity index (χ0) is 15.8. The van der Waals surface area contributed by atoms with Crippen molar-refractivity contribution >= 4 is 28.1 Å². The van der Waals surface area contributed by atoms with Gasteiger partial charge in [-0.1, -0.05) is 18.2 Å². The van der Waals surface area contributed by atoms with Crippen LogP contribution in [0, 0.1) is 0 Å². The van der Waals surface area contributed by atoms with Crippen LogP contribution in [-0.4, -0.2) is 33.4 Å². The molecular formula is C18H19N3OS. The number of benzene rings is 1. The van der Waals surface area contributed by atoms with Crippen molar-refractivity contribution in [2.75, 3.05) is 13.1 Å². The molecule has 4 nitrogen and oxygen atoms in total. The fourth-order valence-corrected chi connectivity index (χ4v) is 4.25. The molecule has 1 fully saturated rings. The number of aryl methyl sites for hydroxylation is 1. The Balaban J connectivity index is 1.63. The van der Waals surface area contributed by atoms with Gasteiger partial charge >= 0.3 is 0 Å². The summed E-state index contributed by atoms with van der Waals surface area (Å²) in [5.74, 6) is 0.519. The van der Waals surface area contributed by atoms with E-state index in [4.69, 9.17) is 0 Å². The Morgan fingerprint density at radius 2 is 2.22 bits per heavy atom. The number of carbonyl (C=O) groups is 1. The van der Waals surface area contributed by atoms with Crippen molar-refractivity contribution in [1.82, 2.24) is 14.5 Å². The van der Waals surface area contributed by atoms with Crippen molar-refractivity contribution in [1.29, 1.82) is 0 Å². The van der Waals surface area contributed by atoms with Crippen LogP contribution in [0.2, 0.25) is 0 Å². The molecule has 1 atom stereocenters. The third kappa shape index (κ3) is 2.55. The maximum atomic E-state index is 13.0. The van der Waals surface area contributed by atoms with Gasteiger partial charge in [-0.3, -0.25) is 4.79 Å². The lowest BCUT2D eigenvalue weighted by Crippen LogP contribution is -2.39. The summed E-state index contributed by atoms with van der Waals surface area (Å²) in [6.07, 6.45) is 5.97. The van der Waals surface area contributed by atoms with Crippen LogP contribution < -0.4 is 0 Å². The third-order valence-corrected chi connectivity index (χ3v) is 5.57. The van der Waals surface area contributed by atoms with E-state index in [1.807, 2.05) is 52.5 Å². The van der Waals surface area contributed by atoms with Crippen molar-refractivity contribution in [2.24, 2.45) is 7.05 Å². The Bertz CT molecular complexity index is 837. The SMILES string of the molecule is Cn1cc(C(=O)N2CCC[C@H](c3nccs3)C2)c2ccccc21. The van der Waals surface area contributed by atoms with Crippen LogP contribution in [0.1, 0.15) is 34.1 Å². The molecule has 3 heterocycles. The minimum Gasteiger partial charge on any atom is -0.350 e. The smallest absolute Gasteiger partial charge is 0.256 e. The first-order valence-electron chi connectivity index (χ1n) is 7.97. The molecule has 0 saturated carbocycles. The van der Waals surface area contributed by atoms with Gasteiger partial charge in [-0.25, -0.2) is 4.98 Å². The van der Waals surface area contributed by atoms with Crippen LogP contribution in [0.15, 0.2) is 42.0 Å². The number of hydrogen-bond donors (Lipinski definition) is 0. The number of piperidine rings is 1. The molecule has 4 rings (SSSR count). The van der Waals surface area contributed by atoms with E-state index in [-0.39, 0.29) is 5.91 Å². The number of aromatic nitrogens is 2. The Morgan fingerprint density at radius 1 is 1.35 bits per heavy atom. The molecule has 0 bridgehead atoms. The Morgan fingerprint density at radius 3 is 3.04 bits per heavy atom. The van der Waals surface area contributed by atoms with Crippen molar-refractivity contribution in [3.05, 3.63) is 52.6 Å². The number of hydrogen-bond acceptors (Lipinski definition) is 3. The lowest BCUT2D eigenvalue weighted by molar-refractivity contribution is 0.0709. The molecule has 1 aromatic carbocycles. The van der Waals surface area contributed by atoms with E-state index in [1.54, 1.807) is 11.3 Å². The van der Waals surface area contributed by atoms with E-state index >= 15 is 0 Å². The van der Waals surface area contributed by atoms with E-state index in [2.05, 4.69) is 11.1 Å². The maximum Gasteiger partial charge on any atom is 0.256 e. The standard InChI is InChI=1S/C18H19N3OS/c1-20-12-15(14-6-2-3-7-16(14)20)18(22)21-9-4-5-13(11-21)17-19-8-10-23-17/h2-3,6-8,10,12-13H,4-5,9,11H2,1H3/t13-/m0/s1.